The Bertz CT molecular complexity index is 895. The average molecular weight is 680 g/mol. The van der Waals surface area contributed by atoms with Gasteiger partial charge >= 0.3 is 0 Å². The third kappa shape index (κ3) is 29.5. The van der Waals surface area contributed by atoms with Gasteiger partial charge in [-0.1, -0.05) is 158 Å². The summed E-state index contributed by atoms with van der Waals surface area (Å²) < 4.78 is 2.21. The number of allylic oxidation sites excluding steroid dienone is 8. The van der Waals surface area contributed by atoms with Crippen LogP contribution in [-0.4, -0.2) is 52.6 Å². The molecule has 49 heavy (non-hydrogen) atoms. The number of hydrogen-bond donors (Lipinski definition) is 0. The van der Waals surface area contributed by atoms with Crippen LogP contribution in [0.5, 0.6) is 0 Å². The molecule has 0 aromatic carbocycles. The largest absolute Gasteiger partial charge is 0.297 e. The first kappa shape index (κ1) is 45.0. The van der Waals surface area contributed by atoms with Gasteiger partial charge in [-0.25, -0.2) is 4.68 Å². The summed E-state index contributed by atoms with van der Waals surface area (Å²) in [5.41, 5.74) is 1.09. The minimum absolute atomic E-state index is 0.483. The molecule has 1 aromatic rings. The number of hydrogen-bond acceptors (Lipinski definition) is 4. The molecule has 0 aliphatic rings. The van der Waals surface area contributed by atoms with Crippen molar-refractivity contribution in [3.05, 3.63) is 60.5 Å². The maximum Gasteiger partial charge on any atom is 0.0967 e. The third-order valence-electron chi connectivity index (χ3n) is 9.36. The van der Waals surface area contributed by atoms with Crippen LogP contribution in [0.1, 0.15) is 193 Å². The number of aromatic nitrogens is 3. The lowest BCUT2D eigenvalue weighted by Crippen LogP contribution is -2.29. The molecule has 0 spiro atoms. The Balaban J connectivity index is 2.29. The van der Waals surface area contributed by atoms with Gasteiger partial charge in [0, 0.05) is 6.54 Å². The molecule has 5 nitrogen and oxygen atoms in total. The van der Waals surface area contributed by atoms with E-state index in [4.69, 9.17) is 0 Å². The van der Waals surface area contributed by atoms with Crippen LogP contribution < -0.4 is 0 Å². The van der Waals surface area contributed by atoms with E-state index in [0.29, 0.717) is 6.04 Å². The lowest BCUT2D eigenvalue weighted by molar-refractivity contribution is 0.202. The Labute approximate surface area is 305 Å². The molecule has 0 amide bonds. The van der Waals surface area contributed by atoms with Crippen molar-refractivity contribution < 1.29 is 0 Å². The lowest BCUT2D eigenvalue weighted by atomic mass is 10.00. The second-order valence-corrected chi connectivity index (χ2v) is 14.8. The van der Waals surface area contributed by atoms with Crippen molar-refractivity contribution in [3.8, 4) is 0 Å². The number of unbranched alkanes of at least 4 members (excludes halogenated alkanes) is 18. The van der Waals surface area contributed by atoms with Gasteiger partial charge in [0.1, 0.15) is 0 Å². The topological polar surface area (TPSA) is 37.2 Å². The summed E-state index contributed by atoms with van der Waals surface area (Å²) in [6.45, 7) is 6.31. The SMILES string of the molecule is CCCCC/C=C\C/C=C\CCCCCCCCC(CCCCCCCC/C=C\C/C=C\CCCCC)n1cc(CN(C)CN(C)C)nn1. The first-order valence-corrected chi connectivity index (χ1v) is 20.9. The summed E-state index contributed by atoms with van der Waals surface area (Å²) in [6, 6.07) is 0.483. The smallest absolute Gasteiger partial charge is 0.0967 e. The highest BCUT2D eigenvalue weighted by atomic mass is 15.4. The Kier molecular flexibility index (Phi) is 31.7. The number of rotatable bonds is 35. The lowest BCUT2D eigenvalue weighted by Gasteiger charge is -2.20. The van der Waals surface area contributed by atoms with Gasteiger partial charge in [0.25, 0.3) is 0 Å². The van der Waals surface area contributed by atoms with Gasteiger partial charge in [0.15, 0.2) is 0 Å². The summed E-state index contributed by atoms with van der Waals surface area (Å²) in [6.07, 6.45) is 54.8. The molecule has 282 valence electrons. The second kappa shape index (κ2) is 34.5. The minimum Gasteiger partial charge on any atom is -0.297 e. The number of nitrogens with zero attached hydrogens (tertiary/aromatic N) is 5. The van der Waals surface area contributed by atoms with Gasteiger partial charge in [-0.2, -0.15) is 0 Å². The normalized spacial score (nSPS) is 12.7. The monoisotopic (exact) mass is 680 g/mol. The first-order chi connectivity index (χ1) is 24.1. The summed E-state index contributed by atoms with van der Waals surface area (Å²) in [5, 5.41) is 9.21. The average Bonchev–Trinajstić information content (AvgIpc) is 3.54. The zero-order chi connectivity index (χ0) is 35.5. The van der Waals surface area contributed by atoms with Crippen molar-refractivity contribution in [2.24, 2.45) is 0 Å². The van der Waals surface area contributed by atoms with Crippen molar-refractivity contribution in [1.82, 2.24) is 24.8 Å². The van der Waals surface area contributed by atoms with Crippen molar-refractivity contribution in [2.75, 3.05) is 27.8 Å². The molecule has 0 saturated carbocycles. The molecular weight excluding hydrogens is 599 g/mol. The zero-order valence-corrected chi connectivity index (χ0v) is 33.3. The van der Waals surface area contributed by atoms with Crippen LogP contribution in [0.15, 0.2) is 54.8 Å². The van der Waals surface area contributed by atoms with Gasteiger partial charge in [0.05, 0.1) is 24.6 Å². The third-order valence-corrected chi connectivity index (χ3v) is 9.36. The van der Waals surface area contributed by atoms with Crippen LogP contribution in [0.3, 0.4) is 0 Å². The van der Waals surface area contributed by atoms with Gasteiger partial charge in [-0.15, -0.1) is 5.10 Å². The van der Waals surface area contributed by atoms with Crippen molar-refractivity contribution >= 4 is 0 Å². The molecule has 1 heterocycles. The van der Waals surface area contributed by atoms with Crippen LogP contribution >= 0.6 is 0 Å². The van der Waals surface area contributed by atoms with Crippen LogP contribution in [0.25, 0.3) is 0 Å². The van der Waals surface area contributed by atoms with E-state index in [9.17, 15) is 0 Å². The van der Waals surface area contributed by atoms with Crippen LogP contribution in [0, 0.1) is 0 Å². The summed E-state index contributed by atoms with van der Waals surface area (Å²) in [5.74, 6) is 0. The maximum absolute atomic E-state index is 4.64. The molecule has 0 atom stereocenters. The van der Waals surface area contributed by atoms with E-state index in [1.807, 2.05) is 0 Å². The summed E-state index contributed by atoms with van der Waals surface area (Å²) in [4.78, 5) is 4.50. The molecule has 0 aliphatic heterocycles. The molecule has 0 fully saturated rings. The summed E-state index contributed by atoms with van der Waals surface area (Å²) >= 11 is 0. The van der Waals surface area contributed by atoms with Gasteiger partial charge in [-0.05, 0) is 98.2 Å². The molecule has 0 bridgehead atoms. The van der Waals surface area contributed by atoms with Crippen LogP contribution in [0.4, 0.5) is 0 Å². The zero-order valence-electron chi connectivity index (χ0n) is 33.3. The fourth-order valence-electron chi connectivity index (χ4n) is 6.52. The van der Waals surface area contributed by atoms with Crippen molar-refractivity contribution in [2.45, 2.75) is 193 Å². The Morgan fingerprint density at radius 3 is 1.39 bits per heavy atom. The van der Waals surface area contributed by atoms with Crippen LogP contribution in [-0.2, 0) is 6.54 Å². The molecule has 0 aliphatic carbocycles. The molecule has 0 unspecified atom stereocenters. The highest BCUT2D eigenvalue weighted by molar-refractivity contribution is 4.94. The van der Waals surface area contributed by atoms with Crippen LogP contribution in [0.2, 0.25) is 0 Å². The molecule has 1 rings (SSSR count). The molecule has 0 N–H and O–H groups in total. The fraction of sp³-hybridized carbons (Fsp3) is 0.773. The standard InChI is InChI=1S/C44H81N5/c1-6-8-10-12-14-16-18-20-22-24-26-28-30-32-34-36-38-44(49-41-43(45-46-49)40-48(5)42-47(3)4)39-37-35-33-31-29-27-25-23-21-19-17-15-13-11-9-7-2/h14-17,20-23,41,44H,6-13,18-19,24-40,42H2,1-5H3/b16-14-,17-15-,22-20-,23-21-. The van der Waals surface area contributed by atoms with E-state index < -0.39 is 0 Å². The molecular formula is C44H81N5. The molecule has 5 heteroatoms. The predicted octanol–water partition coefficient (Wildman–Crippen LogP) is 13.2. The van der Waals surface area contributed by atoms with Crippen molar-refractivity contribution in [1.29, 1.82) is 0 Å². The molecule has 0 radical (unpaired) electrons. The first-order valence-electron chi connectivity index (χ1n) is 20.9. The Morgan fingerprint density at radius 1 is 0.551 bits per heavy atom. The summed E-state index contributed by atoms with van der Waals surface area (Å²) in [7, 11) is 6.39. The van der Waals surface area contributed by atoms with E-state index in [1.165, 1.54) is 154 Å². The van der Waals surface area contributed by atoms with E-state index in [0.717, 1.165) is 31.7 Å². The van der Waals surface area contributed by atoms with E-state index in [-0.39, 0.29) is 0 Å². The molecule has 0 saturated heterocycles. The Hall–Kier alpha value is -1.98. The predicted molar refractivity (Wildman–Crippen MR) is 217 cm³/mol. The quantitative estimate of drug-likeness (QED) is 0.0406. The van der Waals surface area contributed by atoms with E-state index in [2.05, 4.69) is 115 Å². The Morgan fingerprint density at radius 2 is 0.959 bits per heavy atom. The fourth-order valence-corrected chi connectivity index (χ4v) is 6.52. The minimum atomic E-state index is 0.483. The highest BCUT2D eigenvalue weighted by Crippen LogP contribution is 2.24. The van der Waals surface area contributed by atoms with Crippen molar-refractivity contribution in [3.63, 3.8) is 0 Å². The van der Waals surface area contributed by atoms with Gasteiger partial charge < -0.3 is 0 Å². The second-order valence-electron chi connectivity index (χ2n) is 14.8. The van der Waals surface area contributed by atoms with E-state index in [1.54, 1.807) is 0 Å². The van der Waals surface area contributed by atoms with Gasteiger partial charge in [-0.3, -0.25) is 9.80 Å². The highest BCUT2D eigenvalue weighted by Gasteiger charge is 2.14. The van der Waals surface area contributed by atoms with E-state index >= 15 is 0 Å². The molecule has 1 aromatic heterocycles. The maximum atomic E-state index is 4.64. The van der Waals surface area contributed by atoms with Gasteiger partial charge in [0.2, 0.25) is 0 Å².